The molecular weight excluding hydrogens is 566 g/mol. The summed E-state index contributed by atoms with van der Waals surface area (Å²) in [6.45, 7) is 7.57. The van der Waals surface area contributed by atoms with Gasteiger partial charge in [-0.2, -0.15) is 0 Å². The van der Waals surface area contributed by atoms with Crippen LogP contribution in [0, 0.1) is 0 Å². The van der Waals surface area contributed by atoms with Crippen molar-refractivity contribution in [1.29, 1.82) is 0 Å². The average Bonchev–Trinajstić information content (AvgIpc) is 3.00. The smallest absolute Gasteiger partial charge is 0.338 e. The van der Waals surface area contributed by atoms with Crippen molar-refractivity contribution in [3.63, 3.8) is 0 Å². The SMILES string of the molecule is C=CCOC(=O)c1cccc(NC(=O)NCC(=O)N(CC(=O)OC(C)(C)C)c2ccccc2C(=O)c2ccc(OC)cc2)c1. The lowest BCUT2D eigenvalue weighted by Gasteiger charge is -2.27. The Labute approximate surface area is 255 Å². The fourth-order valence-electron chi connectivity index (χ4n) is 3.98. The summed E-state index contributed by atoms with van der Waals surface area (Å²) < 4.78 is 15.6. The highest BCUT2D eigenvalue weighted by molar-refractivity contribution is 6.15. The Hall–Kier alpha value is -5.45. The molecular formula is C33H35N3O8. The number of nitrogens with one attached hydrogen (secondary N) is 2. The number of benzene rings is 3. The molecule has 0 aromatic heterocycles. The molecule has 0 aliphatic rings. The van der Waals surface area contributed by atoms with Crippen LogP contribution < -0.4 is 20.3 Å². The van der Waals surface area contributed by atoms with Crippen LogP contribution in [-0.2, 0) is 19.1 Å². The Morgan fingerprint density at radius 3 is 2.27 bits per heavy atom. The maximum Gasteiger partial charge on any atom is 0.338 e. The second-order valence-electron chi connectivity index (χ2n) is 10.4. The predicted octanol–water partition coefficient (Wildman–Crippen LogP) is 4.77. The van der Waals surface area contributed by atoms with Gasteiger partial charge in [0.05, 0.1) is 24.9 Å². The lowest BCUT2D eigenvalue weighted by Crippen LogP contribution is -2.45. The Kier molecular flexibility index (Phi) is 11.4. The maximum absolute atomic E-state index is 13.5. The zero-order chi connectivity index (χ0) is 32.3. The molecule has 0 heterocycles. The predicted molar refractivity (Wildman–Crippen MR) is 165 cm³/mol. The van der Waals surface area contributed by atoms with Gasteiger partial charge in [-0.05, 0) is 75.4 Å². The monoisotopic (exact) mass is 601 g/mol. The highest BCUT2D eigenvalue weighted by Crippen LogP contribution is 2.25. The van der Waals surface area contributed by atoms with Crippen LogP contribution in [0.25, 0.3) is 0 Å². The molecule has 3 aromatic carbocycles. The number of ketones is 1. The molecule has 0 saturated heterocycles. The van der Waals surface area contributed by atoms with Crippen molar-refractivity contribution in [3.8, 4) is 5.75 Å². The summed E-state index contributed by atoms with van der Waals surface area (Å²) >= 11 is 0. The van der Waals surface area contributed by atoms with Gasteiger partial charge < -0.3 is 24.8 Å². The minimum absolute atomic E-state index is 0.0354. The van der Waals surface area contributed by atoms with Gasteiger partial charge in [-0.1, -0.05) is 30.9 Å². The Bertz CT molecular complexity index is 1530. The van der Waals surface area contributed by atoms with E-state index >= 15 is 0 Å². The fourth-order valence-corrected chi connectivity index (χ4v) is 3.98. The number of rotatable bonds is 12. The molecule has 0 saturated carbocycles. The van der Waals surface area contributed by atoms with Crippen LogP contribution >= 0.6 is 0 Å². The minimum atomic E-state index is -0.824. The van der Waals surface area contributed by atoms with Crippen molar-refractivity contribution >= 4 is 41.0 Å². The van der Waals surface area contributed by atoms with Crippen LogP contribution in [0.5, 0.6) is 5.75 Å². The summed E-state index contributed by atoms with van der Waals surface area (Å²) in [7, 11) is 1.51. The van der Waals surface area contributed by atoms with E-state index in [1.807, 2.05) is 0 Å². The Morgan fingerprint density at radius 1 is 0.909 bits per heavy atom. The summed E-state index contributed by atoms with van der Waals surface area (Å²) in [5.41, 5.74) is 0.341. The number of amides is 3. The minimum Gasteiger partial charge on any atom is -0.497 e. The van der Waals surface area contributed by atoms with Crippen molar-refractivity contribution in [2.24, 2.45) is 0 Å². The molecule has 0 unspecified atom stereocenters. The van der Waals surface area contributed by atoms with Crippen LogP contribution in [0.1, 0.15) is 47.1 Å². The molecule has 11 heteroatoms. The number of ether oxygens (including phenoxy) is 3. The first-order chi connectivity index (χ1) is 20.9. The Balaban J connectivity index is 1.81. The summed E-state index contributed by atoms with van der Waals surface area (Å²) in [5, 5.41) is 5.01. The zero-order valence-corrected chi connectivity index (χ0v) is 25.0. The molecule has 0 spiro atoms. The highest BCUT2D eigenvalue weighted by atomic mass is 16.6. The van der Waals surface area contributed by atoms with E-state index in [0.717, 1.165) is 4.90 Å². The number of esters is 2. The third-order valence-electron chi connectivity index (χ3n) is 5.89. The van der Waals surface area contributed by atoms with Gasteiger partial charge >= 0.3 is 18.0 Å². The van der Waals surface area contributed by atoms with E-state index in [1.165, 1.54) is 31.4 Å². The summed E-state index contributed by atoms with van der Waals surface area (Å²) in [5.74, 6) is -1.79. The first-order valence-electron chi connectivity index (χ1n) is 13.6. The second-order valence-corrected chi connectivity index (χ2v) is 10.4. The number of urea groups is 1. The van der Waals surface area contributed by atoms with Gasteiger partial charge in [-0.25, -0.2) is 9.59 Å². The van der Waals surface area contributed by atoms with E-state index < -0.39 is 42.6 Å². The van der Waals surface area contributed by atoms with E-state index in [1.54, 1.807) is 75.4 Å². The van der Waals surface area contributed by atoms with Crippen molar-refractivity contribution in [3.05, 3.63) is 102 Å². The van der Waals surface area contributed by atoms with Crippen molar-refractivity contribution in [2.45, 2.75) is 26.4 Å². The molecule has 0 atom stereocenters. The molecule has 11 nitrogen and oxygen atoms in total. The lowest BCUT2D eigenvalue weighted by molar-refractivity contribution is -0.153. The molecule has 230 valence electrons. The first kappa shape index (κ1) is 33.1. The number of hydrogen-bond acceptors (Lipinski definition) is 8. The summed E-state index contributed by atoms with van der Waals surface area (Å²) in [6.07, 6.45) is 1.43. The van der Waals surface area contributed by atoms with E-state index in [2.05, 4.69) is 17.2 Å². The van der Waals surface area contributed by atoms with Crippen molar-refractivity contribution in [2.75, 3.05) is 37.0 Å². The largest absolute Gasteiger partial charge is 0.497 e. The fraction of sp³-hybridized carbons (Fsp3) is 0.242. The van der Waals surface area contributed by atoms with Crippen molar-refractivity contribution < 1.29 is 38.2 Å². The molecule has 0 fully saturated rings. The highest BCUT2D eigenvalue weighted by Gasteiger charge is 2.27. The van der Waals surface area contributed by atoms with Crippen molar-refractivity contribution in [1.82, 2.24) is 5.32 Å². The average molecular weight is 602 g/mol. The van der Waals surface area contributed by atoms with Crippen LogP contribution in [-0.4, -0.2) is 62.1 Å². The molecule has 2 N–H and O–H groups in total. The van der Waals surface area contributed by atoms with Gasteiger partial charge in [0.25, 0.3) is 0 Å². The first-order valence-corrected chi connectivity index (χ1v) is 13.6. The number of carbonyl (C=O) groups excluding carboxylic acids is 5. The number of carbonyl (C=O) groups is 5. The normalized spacial score (nSPS) is 10.6. The third kappa shape index (κ3) is 9.55. The van der Waals surface area contributed by atoms with E-state index in [9.17, 15) is 24.0 Å². The van der Waals surface area contributed by atoms with E-state index in [4.69, 9.17) is 14.2 Å². The Morgan fingerprint density at radius 2 is 1.61 bits per heavy atom. The third-order valence-corrected chi connectivity index (χ3v) is 5.89. The number of methoxy groups -OCH3 is 1. The van der Waals surface area contributed by atoms with Crippen LogP contribution in [0.3, 0.4) is 0 Å². The number of hydrogen-bond donors (Lipinski definition) is 2. The van der Waals surface area contributed by atoms with Gasteiger partial charge in [-0.15, -0.1) is 0 Å². The van der Waals surface area contributed by atoms with Gasteiger partial charge in [0.15, 0.2) is 5.78 Å². The molecule has 3 amide bonds. The lowest BCUT2D eigenvalue weighted by atomic mass is 10.0. The molecule has 0 aliphatic carbocycles. The molecule has 0 aliphatic heterocycles. The topological polar surface area (TPSA) is 140 Å². The van der Waals surface area contributed by atoms with Crippen LogP contribution in [0.15, 0.2) is 85.5 Å². The van der Waals surface area contributed by atoms with Gasteiger partial charge in [0.2, 0.25) is 5.91 Å². The standard InChI is InChI=1S/C33H35N3O8/c1-6-18-43-31(40)23-10-9-11-24(19-23)35-32(41)34-20-28(37)36(21-29(38)44-33(2,3)4)27-13-8-7-12-26(27)30(39)22-14-16-25(42-5)17-15-22/h6-17,19H,1,18,20-21H2,2-5H3,(H2,34,35,41). The summed E-state index contributed by atoms with van der Waals surface area (Å²) in [4.78, 5) is 65.8. The number of nitrogens with zero attached hydrogens (tertiary/aromatic N) is 1. The molecule has 3 aromatic rings. The second kappa shape index (κ2) is 15.1. The van der Waals surface area contributed by atoms with E-state index in [-0.39, 0.29) is 34.9 Å². The molecule has 0 radical (unpaired) electrons. The summed E-state index contributed by atoms with van der Waals surface area (Å²) in [6, 6.07) is 18.1. The maximum atomic E-state index is 13.5. The van der Waals surface area contributed by atoms with Gasteiger partial charge in [0, 0.05) is 16.8 Å². The quantitative estimate of drug-likeness (QED) is 0.172. The van der Waals surface area contributed by atoms with E-state index in [0.29, 0.717) is 11.3 Å². The number of para-hydroxylation sites is 1. The van der Waals surface area contributed by atoms with Crippen LogP contribution in [0.2, 0.25) is 0 Å². The number of anilines is 2. The van der Waals surface area contributed by atoms with Gasteiger partial charge in [0.1, 0.15) is 24.5 Å². The van der Waals surface area contributed by atoms with Crippen LogP contribution in [0.4, 0.5) is 16.2 Å². The molecule has 0 bridgehead atoms. The molecule has 44 heavy (non-hydrogen) atoms. The molecule has 3 rings (SSSR count). The van der Waals surface area contributed by atoms with Gasteiger partial charge in [-0.3, -0.25) is 19.3 Å². The zero-order valence-electron chi connectivity index (χ0n) is 25.0.